The Morgan fingerprint density at radius 1 is 0.889 bits per heavy atom. The standard InChI is InChI=1S/C21H25N5O/c22-20(27)15-24-10-12-25(13-11-24)16-21-23-18-8-4-5-9-19(18)26(21)14-17-6-2-1-3-7-17/h1-9H,10-16H2,(H2,22,27). The Kier molecular flexibility index (Phi) is 5.18. The van der Waals surface area contributed by atoms with Gasteiger partial charge in [-0.3, -0.25) is 14.6 Å². The summed E-state index contributed by atoms with van der Waals surface area (Å²) in [7, 11) is 0. The third-order valence-corrected chi connectivity index (χ3v) is 5.13. The van der Waals surface area contributed by atoms with E-state index in [1.807, 2.05) is 12.1 Å². The maximum atomic E-state index is 11.1. The summed E-state index contributed by atoms with van der Waals surface area (Å²) in [6.45, 7) is 5.54. The number of benzene rings is 2. The second-order valence-corrected chi connectivity index (χ2v) is 7.11. The molecule has 2 heterocycles. The zero-order chi connectivity index (χ0) is 18.6. The van der Waals surface area contributed by atoms with Crippen LogP contribution in [-0.4, -0.2) is 58.0 Å². The van der Waals surface area contributed by atoms with Crippen LogP contribution in [0.1, 0.15) is 11.4 Å². The van der Waals surface area contributed by atoms with Crippen molar-refractivity contribution in [2.75, 3.05) is 32.7 Å². The molecule has 4 rings (SSSR count). The van der Waals surface area contributed by atoms with Crippen molar-refractivity contribution in [1.29, 1.82) is 0 Å². The molecule has 1 aliphatic rings. The Morgan fingerprint density at radius 3 is 2.30 bits per heavy atom. The second kappa shape index (κ2) is 7.90. The second-order valence-electron chi connectivity index (χ2n) is 7.11. The first-order chi connectivity index (χ1) is 13.2. The van der Waals surface area contributed by atoms with Crippen molar-refractivity contribution in [1.82, 2.24) is 19.4 Å². The molecule has 6 nitrogen and oxygen atoms in total. The molecule has 3 aromatic rings. The number of fused-ring (bicyclic) bond motifs is 1. The van der Waals surface area contributed by atoms with Crippen LogP contribution in [0, 0.1) is 0 Å². The van der Waals surface area contributed by atoms with Gasteiger partial charge in [-0.15, -0.1) is 0 Å². The third kappa shape index (κ3) is 4.18. The quantitative estimate of drug-likeness (QED) is 0.724. The molecule has 2 N–H and O–H groups in total. The summed E-state index contributed by atoms with van der Waals surface area (Å²) in [6.07, 6.45) is 0. The highest BCUT2D eigenvalue weighted by Gasteiger charge is 2.20. The molecule has 1 fully saturated rings. The molecule has 1 aliphatic heterocycles. The van der Waals surface area contributed by atoms with Crippen molar-refractivity contribution in [2.24, 2.45) is 5.73 Å². The van der Waals surface area contributed by atoms with Crippen molar-refractivity contribution >= 4 is 16.9 Å². The topological polar surface area (TPSA) is 67.4 Å². The first-order valence-corrected chi connectivity index (χ1v) is 9.40. The van der Waals surface area contributed by atoms with E-state index >= 15 is 0 Å². The average Bonchev–Trinajstić information content (AvgIpc) is 3.01. The van der Waals surface area contributed by atoms with Crippen LogP contribution in [0.3, 0.4) is 0 Å². The van der Waals surface area contributed by atoms with Gasteiger partial charge in [0.2, 0.25) is 5.91 Å². The number of hydrogen-bond acceptors (Lipinski definition) is 4. The minimum absolute atomic E-state index is 0.256. The molecule has 0 atom stereocenters. The lowest BCUT2D eigenvalue weighted by Crippen LogP contribution is -2.48. The number of hydrogen-bond donors (Lipinski definition) is 1. The number of carbonyl (C=O) groups is 1. The number of nitrogens with two attached hydrogens (primary N) is 1. The van der Waals surface area contributed by atoms with Crippen LogP contribution in [0.4, 0.5) is 0 Å². The fraction of sp³-hybridized carbons (Fsp3) is 0.333. The number of primary amides is 1. The highest BCUT2D eigenvalue weighted by molar-refractivity contribution is 5.76. The van der Waals surface area contributed by atoms with Crippen molar-refractivity contribution in [3.63, 3.8) is 0 Å². The minimum Gasteiger partial charge on any atom is -0.369 e. The lowest BCUT2D eigenvalue weighted by molar-refractivity contribution is -0.119. The molecule has 1 amide bonds. The van der Waals surface area contributed by atoms with Gasteiger partial charge in [0.15, 0.2) is 0 Å². The first-order valence-electron chi connectivity index (χ1n) is 9.40. The third-order valence-electron chi connectivity index (χ3n) is 5.13. The highest BCUT2D eigenvalue weighted by Crippen LogP contribution is 2.19. The van der Waals surface area contributed by atoms with Gasteiger partial charge in [0, 0.05) is 32.7 Å². The van der Waals surface area contributed by atoms with Gasteiger partial charge in [0.1, 0.15) is 5.82 Å². The molecule has 0 bridgehead atoms. The lowest BCUT2D eigenvalue weighted by Gasteiger charge is -2.33. The molecule has 0 unspecified atom stereocenters. The number of carbonyl (C=O) groups excluding carboxylic acids is 1. The Bertz CT molecular complexity index is 913. The summed E-state index contributed by atoms with van der Waals surface area (Å²) in [5.74, 6) is 0.830. The number of rotatable bonds is 6. The Hall–Kier alpha value is -2.70. The van der Waals surface area contributed by atoms with E-state index in [1.54, 1.807) is 0 Å². The van der Waals surface area contributed by atoms with Crippen LogP contribution in [0.15, 0.2) is 54.6 Å². The maximum absolute atomic E-state index is 11.1. The zero-order valence-corrected chi connectivity index (χ0v) is 15.4. The normalized spacial score (nSPS) is 16.0. The maximum Gasteiger partial charge on any atom is 0.231 e. The molecule has 0 radical (unpaired) electrons. The van der Waals surface area contributed by atoms with Crippen LogP contribution >= 0.6 is 0 Å². The minimum atomic E-state index is -0.256. The fourth-order valence-corrected chi connectivity index (χ4v) is 3.71. The van der Waals surface area contributed by atoms with E-state index in [4.69, 9.17) is 10.7 Å². The number of imidazole rings is 1. The monoisotopic (exact) mass is 363 g/mol. The van der Waals surface area contributed by atoms with E-state index < -0.39 is 0 Å². The molecule has 27 heavy (non-hydrogen) atoms. The van der Waals surface area contributed by atoms with E-state index in [1.165, 1.54) is 11.1 Å². The number of para-hydroxylation sites is 2. The summed E-state index contributed by atoms with van der Waals surface area (Å²) in [5.41, 5.74) is 8.79. The van der Waals surface area contributed by atoms with Crippen molar-refractivity contribution in [2.45, 2.75) is 13.1 Å². The summed E-state index contributed by atoms with van der Waals surface area (Å²) in [5, 5.41) is 0. The van der Waals surface area contributed by atoms with E-state index in [-0.39, 0.29) is 5.91 Å². The predicted octanol–water partition coefficient (Wildman–Crippen LogP) is 1.69. The van der Waals surface area contributed by atoms with Crippen LogP contribution in [-0.2, 0) is 17.9 Å². The van der Waals surface area contributed by atoms with Gasteiger partial charge in [0.05, 0.1) is 24.1 Å². The van der Waals surface area contributed by atoms with Crippen LogP contribution in [0.25, 0.3) is 11.0 Å². The van der Waals surface area contributed by atoms with Gasteiger partial charge in [-0.05, 0) is 17.7 Å². The van der Waals surface area contributed by atoms with Crippen molar-refractivity contribution in [3.05, 3.63) is 66.0 Å². The van der Waals surface area contributed by atoms with Gasteiger partial charge in [-0.1, -0.05) is 42.5 Å². The Labute approximate surface area is 159 Å². The van der Waals surface area contributed by atoms with E-state index in [9.17, 15) is 4.79 Å². The van der Waals surface area contributed by atoms with Gasteiger partial charge in [-0.2, -0.15) is 0 Å². The molecule has 2 aromatic carbocycles. The smallest absolute Gasteiger partial charge is 0.231 e. The van der Waals surface area contributed by atoms with Crippen molar-refractivity contribution in [3.8, 4) is 0 Å². The van der Waals surface area contributed by atoms with Crippen molar-refractivity contribution < 1.29 is 4.79 Å². The summed E-state index contributed by atoms with van der Waals surface area (Å²) >= 11 is 0. The van der Waals surface area contributed by atoms with Gasteiger partial charge in [0.25, 0.3) is 0 Å². The first kappa shape index (κ1) is 17.7. The van der Waals surface area contributed by atoms with Crippen LogP contribution in [0.2, 0.25) is 0 Å². The lowest BCUT2D eigenvalue weighted by atomic mass is 10.2. The number of piperazine rings is 1. The fourth-order valence-electron chi connectivity index (χ4n) is 3.71. The molecule has 0 saturated carbocycles. The van der Waals surface area contributed by atoms with Gasteiger partial charge < -0.3 is 10.3 Å². The van der Waals surface area contributed by atoms with E-state index in [0.717, 1.165) is 50.6 Å². The van der Waals surface area contributed by atoms with Crippen LogP contribution in [0.5, 0.6) is 0 Å². The molecular weight excluding hydrogens is 338 g/mol. The molecule has 1 saturated heterocycles. The average molecular weight is 363 g/mol. The molecule has 1 aromatic heterocycles. The van der Waals surface area contributed by atoms with E-state index in [0.29, 0.717) is 6.54 Å². The Balaban J connectivity index is 1.53. The largest absolute Gasteiger partial charge is 0.369 e. The number of amides is 1. The van der Waals surface area contributed by atoms with E-state index in [2.05, 4.69) is 56.8 Å². The molecule has 140 valence electrons. The predicted molar refractivity (Wildman–Crippen MR) is 106 cm³/mol. The van der Waals surface area contributed by atoms with Crippen LogP contribution < -0.4 is 5.73 Å². The highest BCUT2D eigenvalue weighted by atomic mass is 16.1. The molecule has 0 spiro atoms. The SMILES string of the molecule is NC(=O)CN1CCN(Cc2nc3ccccc3n2Cc2ccccc2)CC1. The number of aromatic nitrogens is 2. The summed E-state index contributed by atoms with van der Waals surface area (Å²) in [4.78, 5) is 20.5. The van der Waals surface area contributed by atoms with Gasteiger partial charge in [-0.25, -0.2) is 4.98 Å². The summed E-state index contributed by atoms with van der Waals surface area (Å²) in [6, 6.07) is 18.8. The molecule has 0 aliphatic carbocycles. The zero-order valence-electron chi connectivity index (χ0n) is 15.4. The number of nitrogens with zero attached hydrogens (tertiary/aromatic N) is 4. The Morgan fingerprint density at radius 2 is 1.56 bits per heavy atom. The summed E-state index contributed by atoms with van der Waals surface area (Å²) < 4.78 is 2.32. The molecule has 6 heteroatoms. The molecular formula is C21H25N5O. The van der Waals surface area contributed by atoms with Gasteiger partial charge >= 0.3 is 0 Å².